The molecule has 0 amide bonds. The van der Waals surface area contributed by atoms with E-state index in [1.807, 2.05) is 6.20 Å². The van der Waals surface area contributed by atoms with Crippen molar-refractivity contribution in [3.63, 3.8) is 0 Å². The highest BCUT2D eigenvalue weighted by atomic mass is 127. The number of aliphatic imine (C=N–C) groups is 1. The highest BCUT2D eigenvalue weighted by Crippen LogP contribution is 2.10. The Kier molecular flexibility index (Phi) is 8.32. The highest BCUT2D eigenvalue weighted by Gasteiger charge is 2.01. The molecule has 2 aromatic rings. The number of halogens is 2. The van der Waals surface area contributed by atoms with Crippen LogP contribution in [0.25, 0.3) is 0 Å². The van der Waals surface area contributed by atoms with Crippen molar-refractivity contribution in [1.29, 1.82) is 0 Å². The Morgan fingerprint density at radius 2 is 2.00 bits per heavy atom. The number of hydrogen-bond donors (Lipinski definition) is 2. The van der Waals surface area contributed by atoms with Gasteiger partial charge in [-0.1, -0.05) is 12.1 Å². The molecule has 2 rings (SSSR count). The van der Waals surface area contributed by atoms with E-state index in [9.17, 15) is 4.39 Å². The fourth-order valence-electron chi connectivity index (χ4n) is 1.81. The third-order valence-electron chi connectivity index (χ3n) is 2.90. The quantitative estimate of drug-likeness (QED) is 0.432. The summed E-state index contributed by atoms with van der Waals surface area (Å²) in [5, 5.41) is 7.56. The van der Waals surface area contributed by atoms with Crippen molar-refractivity contribution in [1.82, 2.24) is 15.6 Å². The maximum Gasteiger partial charge on any atom is 0.191 e. The molecule has 0 aliphatic carbocycles. The molecule has 0 radical (unpaired) electrons. The van der Waals surface area contributed by atoms with Gasteiger partial charge >= 0.3 is 0 Å². The van der Waals surface area contributed by atoms with E-state index in [0.29, 0.717) is 6.54 Å². The zero-order valence-electron chi connectivity index (χ0n) is 12.6. The number of nitrogens with one attached hydrogen (secondary N) is 2. The van der Waals surface area contributed by atoms with Crippen LogP contribution < -0.4 is 10.6 Å². The molecule has 2 N–H and O–H groups in total. The number of nitrogens with zero attached hydrogens (tertiary/aromatic N) is 2. The predicted octanol–water partition coefficient (Wildman–Crippen LogP) is 3.12. The van der Waals surface area contributed by atoms with Crippen LogP contribution in [0.5, 0.6) is 0 Å². The number of aromatic nitrogens is 1. The summed E-state index contributed by atoms with van der Waals surface area (Å²) in [6.07, 6.45) is 2.76. The van der Waals surface area contributed by atoms with Crippen LogP contribution in [0.2, 0.25) is 0 Å². The summed E-state index contributed by atoms with van der Waals surface area (Å²) in [5.41, 5.74) is 1.01. The summed E-state index contributed by atoms with van der Waals surface area (Å²) < 4.78 is 12.8. The first-order valence-electron chi connectivity index (χ1n) is 6.77. The lowest BCUT2D eigenvalue weighted by Gasteiger charge is -2.11. The fraction of sp³-hybridized carbons (Fsp3) is 0.333. The first kappa shape index (κ1) is 18.8. The third kappa shape index (κ3) is 6.27. The van der Waals surface area contributed by atoms with E-state index < -0.39 is 0 Å². The first-order chi connectivity index (χ1) is 10.2. The minimum atomic E-state index is -0.222. The predicted molar refractivity (Wildman–Crippen MR) is 101 cm³/mol. The van der Waals surface area contributed by atoms with Crippen LogP contribution in [-0.2, 0) is 13.0 Å². The summed E-state index contributed by atoms with van der Waals surface area (Å²) in [6, 6.07) is 6.43. The van der Waals surface area contributed by atoms with Crippen LogP contribution in [0, 0.1) is 12.7 Å². The van der Waals surface area contributed by atoms with Crippen LogP contribution in [0.4, 0.5) is 4.39 Å². The van der Waals surface area contributed by atoms with Gasteiger partial charge in [-0.25, -0.2) is 9.37 Å². The molecule has 4 nitrogen and oxygen atoms in total. The smallest absolute Gasteiger partial charge is 0.191 e. The summed E-state index contributed by atoms with van der Waals surface area (Å²) in [7, 11) is 1.73. The molecular formula is C15H20FIN4S. The minimum Gasteiger partial charge on any atom is -0.356 e. The van der Waals surface area contributed by atoms with Crippen molar-refractivity contribution in [2.45, 2.75) is 19.9 Å². The summed E-state index contributed by atoms with van der Waals surface area (Å²) in [4.78, 5) is 9.71. The molecule has 22 heavy (non-hydrogen) atoms. The fourth-order valence-corrected chi connectivity index (χ4v) is 2.60. The van der Waals surface area contributed by atoms with E-state index in [2.05, 4.69) is 27.5 Å². The van der Waals surface area contributed by atoms with Crippen LogP contribution >= 0.6 is 35.3 Å². The van der Waals surface area contributed by atoms with Crippen molar-refractivity contribution in [2.24, 2.45) is 4.99 Å². The number of benzene rings is 1. The summed E-state index contributed by atoms with van der Waals surface area (Å²) >= 11 is 1.71. The van der Waals surface area contributed by atoms with E-state index >= 15 is 0 Å². The van der Waals surface area contributed by atoms with Gasteiger partial charge in [0, 0.05) is 37.6 Å². The molecule has 1 heterocycles. The maximum absolute atomic E-state index is 12.8. The second-order valence-corrected chi connectivity index (χ2v) is 5.91. The lowest BCUT2D eigenvalue weighted by atomic mass is 10.2. The molecule has 0 aliphatic rings. The van der Waals surface area contributed by atoms with Gasteiger partial charge in [0.2, 0.25) is 0 Å². The number of guanidine groups is 1. The average Bonchev–Trinajstić information content (AvgIpc) is 2.90. The standard InChI is InChI=1S/C15H19FN4S.HI/c1-11-9-19-14(21-11)7-8-18-15(17-2)20-10-12-3-5-13(16)6-4-12;/h3-6,9H,7-8,10H2,1-2H3,(H2,17,18,20);1H. The van der Waals surface area contributed by atoms with Gasteiger partial charge in [0.15, 0.2) is 5.96 Å². The molecule has 1 aromatic carbocycles. The van der Waals surface area contributed by atoms with E-state index in [-0.39, 0.29) is 29.8 Å². The van der Waals surface area contributed by atoms with E-state index in [1.54, 1.807) is 30.5 Å². The van der Waals surface area contributed by atoms with Gasteiger partial charge in [0.05, 0.1) is 5.01 Å². The van der Waals surface area contributed by atoms with Crippen molar-refractivity contribution in [3.8, 4) is 0 Å². The highest BCUT2D eigenvalue weighted by molar-refractivity contribution is 14.0. The van der Waals surface area contributed by atoms with E-state index in [0.717, 1.165) is 29.5 Å². The zero-order chi connectivity index (χ0) is 15.1. The number of thiazole rings is 1. The average molecular weight is 434 g/mol. The molecule has 0 bridgehead atoms. The second-order valence-electron chi connectivity index (χ2n) is 4.59. The molecule has 120 valence electrons. The first-order valence-corrected chi connectivity index (χ1v) is 7.59. The molecule has 1 aromatic heterocycles. The van der Waals surface area contributed by atoms with Crippen LogP contribution in [0.15, 0.2) is 35.5 Å². The topological polar surface area (TPSA) is 49.3 Å². The Morgan fingerprint density at radius 3 is 2.59 bits per heavy atom. The molecule has 0 aliphatic heterocycles. The molecular weight excluding hydrogens is 414 g/mol. The van der Waals surface area contributed by atoms with Gasteiger partial charge < -0.3 is 10.6 Å². The van der Waals surface area contributed by atoms with Crippen LogP contribution in [0.1, 0.15) is 15.4 Å². The second kappa shape index (κ2) is 9.73. The van der Waals surface area contributed by atoms with Crippen LogP contribution in [0.3, 0.4) is 0 Å². The van der Waals surface area contributed by atoms with Gasteiger partial charge in [-0.15, -0.1) is 35.3 Å². The van der Waals surface area contributed by atoms with Crippen molar-refractivity contribution in [2.75, 3.05) is 13.6 Å². The largest absolute Gasteiger partial charge is 0.356 e. The lowest BCUT2D eigenvalue weighted by molar-refractivity contribution is 0.626. The molecule has 0 unspecified atom stereocenters. The Balaban J connectivity index is 0.00000242. The molecule has 0 spiro atoms. The molecule has 0 saturated heterocycles. The van der Waals surface area contributed by atoms with Gasteiger partial charge in [-0.05, 0) is 24.6 Å². The van der Waals surface area contributed by atoms with Crippen molar-refractivity contribution in [3.05, 3.63) is 51.7 Å². The number of rotatable bonds is 5. The molecule has 0 atom stereocenters. The normalized spacial score (nSPS) is 11.0. The summed E-state index contributed by atoms with van der Waals surface area (Å²) in [6.45, 7) is 3.43. The van der Waals surface area contributed by atoms with E-state index in [1.165, 1.54) is 17.0 Å². The van der Waals surface area contributed by atoms with Crippen molar-refractivity contribution < 1.29 is 4.39 Å². The number of aryl methyl sites for hydroxylation is 1. The van der Waals surface area contributed by atoms with Gasteiger partial charge in [0.1, 0.15) is 5.82 Å². The summed E-state index contributed by atoms with van der Waals surface area (Å²) in [5.74, 6) is 0.507. The van der Waals surface area contributed by atoms with E-state index in [4.69, 9.17) is 0 Å². The van der Waals surface area contributed by atoms with Gasteiger partial charge in [-0.3, -0.25) is 4.99 Å². The Bertz CT molecular complexity index is 598. The van der Waals surface area contributed by atoms with Gasteiger partial charge in [-0.2, -0.15) is 0 Å². The maximum atomic E-state index is 12.8. The Morgan fingerprint density at radius 1 is 1.27 bits per heavy atom. The zero-order valence-corrected chi connectivity index (χ0v) is 15.7. The minimum absolute atomic E-state index is 0. The van der Waals surface area contributed by atoms with Crippen molar-refractivity contribution >= 4 is 41.3 Å². The SMILES string of the molecule is CN=C(NCCc1ncc(C)s1)NCc1ccc(F)cc1.I. The van der Waals surface area contributed by atoms with Crippen LogP contribution in [-0.4, -0.2) is 24.5 Å². The Hall–Kier alpha value is -1.22. The molecule has 0 saturated carbocycles. The molecule has 7 heteroatoms. The van der Waals surface area contributed by atoms with Gasteiger partial charge in [0.25, 0.3) is 0 Å². The monoisotopic (exact) mass is 434 g/mol. The number of hydrogen-bond acceptors (Lipinski definition) is 3. The lowest BCUT2D eigenvalue weighted by Crippen LogP contribution is -2.37. The third-order valence-corrected chi connectivity index (χ3v) is 3.87. The Labute approximate surface area is 151 Å². The molecule has 0 fully saturated rings.